The number of benzene rings is 1. The topological polar surface area (TPSA) is 81.6 Å². The van der Waals surface area contributed by atoms with E-state index in [4.69, 9.17) is 13.8 Å². The number of amides is 1. The van der Waals surface area contributed by atoms with Crippen LogP contribution in [0.25, 0.3) is 11.3 Å². The first-order valence-electron chi connectivity index (χ1n) is 9.07. The first kappa shape index (κ1) is 17.3. The number of methoxy groups -OCH3 is 1. The van der Waals surface area contributed by atoms with Crippen molar-refractivity contribution in [3.05, 3.63) is 53.5 Å². The van der Waals surface area contributed by atoms with Gasteiger partial charge in [-0.3, -0.25) is 4.79 Å². The van der Waals surface area contributed by atoms with Crippen molar-refractivity contribution < 1.29 is 18.6 Å². The Morgan fingerprint density at radius 1 is 1.22 bits per heavy atom. The van der Waals surface area contributed by atoms with Crippen molar-refractivity contribution in [3.8, 4) is 17.1 Å². The van der Waals surface area contributed by atoms with Crippen molar-refractivity contribution in [2.24, 2.45) is 0 Å². The van der Waals surface area contributed by atoms with E-state index in [1.165, 1.54) is 0 Å². The number of hydrogen-bond acceptors (Lipinski definition) is 6. The molecule has 0 N–H and O–H groups in total. The predicted molar refractivity (Wildman–Crippen MR) is 97.4 cm³/mol. The molecule has 1 aliphatic heterocycles. The number of hydrogen-bond donors (Lipinski definition) is 0. The molecule has 0 spiro atoms. The van der Waals surface area contributed by atoms with Gasteiger partial charge in [-0.2, -0.15) is 0 Å². The average Bonchev–Trinajstić information content (AvgIpc) is 3.47. The number of aryl methyl sites for hydroxylation is 1. The second kappa shape index (κ2) is 7.26. The van der Waals surface area contributed by atoms with Gasteiger partial charge >= 0.3 is 0 Å². The lowest BCUT2D eigenvalue weighted by atomic mass is 10.1. The summed E-state index contributed by atoms with van der Waals surface area (Å²) in [4.78, 5) is 14.8. The Balaban J connectivity index is 1.54. The lowest BCUT2D eigenvalue weighted by Gasteiger charge is -2.21. The minimum absolute atomic E-state index is 0.105. The Morgan fingerprint density at radius 2 is 2.04 bits per heavy atom. The molecule has 0 saturated carbocycles. The SMILES string of the molecule is CCc1cc([C@H]2CCCN2C(=O)c2cc(-c3ccc(OC)cc3)on2)on1. The summed E-state index contributed by atoms with van der Waals surface area (Å²) >= 11 is 0. The second-order valence-electron chi connectivity index (χ2n) is 6.54. The molecule has 27 heavy (non-hydrogen) atoms. The summed E-state index contributed by atoms with van der Waals surface area (Å²) in [5.41, 5.74) is 2.03. The smallest absolute Gasteiger partial charge is 0.276 e. The maximum absolute atomic E-state index is 13.0. The van der Waals surface area contributed by atoms with Crippen LogP contribution in [0.5, 0.6) is 5.75 Å². The molecule has 0 bridgehead atoms. The van der Waals surface area contributed by atoms with E-state index in [-0.39, 0.29) is 11.9 Å². The zero-order chi connectivity index (χ0) is 18.8. The van der Waals surface area contributed by atoms with Crippen LogP contribution in [-0.4, -0.2) is 34.8 Å². The largest absolute Gasteiger partial charge is 0.497 e. The van der Waals surface area contributed by atoms with E-state index in [9.17, 15) is 4.79 Å². The molecule has 2 aromatic heterocycles. The molecule has 0 radical (unpaired) electrons. The van der Waals surface area contributed by atoms with Crippen LogP contribution in [0.2, 0.25) is 0 Å². The number of ether oxygens (including phenoxy) is 1. The molecule has 3 aromatic rings. The van der Waals surface area contributed by atoms with E-state index in [0.717, 1.165) is 42.0 Å². The fourth-order valence-electron chi connectivity index (χ4n) is 3.37. The number of aromatic nitrogens is 2. The van der Waals surface area contributed by atoms with Crippen LogP contribution >= 0.6 is 0 Å². The number of nitrogens with zero attached hydrogens (tertiary/aromatic N) is 3. The number of likely N-dealkylation sites (tertiary alicyclic amines) is 1. The van der Waals surface area contributed by atoms with E-state index in [2.05, 4.69) is 10.3 Å². The molecule has 1 saturated heterocycles. The van der Waals surface area contributed by atoms with E-state index in [0.29, 0.717) is 18.0 Å². The summed E-state index contributed by atoms with van der Waals surface area (Å²) in [5.74, 6) is 1.88. The first-order chi connectivity index (χ1) is 13.2. The fraction of sp³-hybridized carbons (Fsp3) is 0.350. The zero-order valence-electron chi connectivity index (χ0n) is 15.3. The van der Waals surface area contributed by atoms with Crippen LogP contribution in [0.4, 0.5) is 0 Å². The number of carbonyl (C=O) groups is 1. The molecule has 4 rings (SSSR count). The highest BCUT2D eigenvalue weighted by Gasteiger charge is 2.34. The van der Waals surface area contributed by atoms with Gasteiger partial charge in [0, 0.05) is 24.2 Å². The second-order valence-corrected chi connectivity index (χ2v) is 6.54. The van der Waals surface area contributed by atoms with Crippen molar-refractivity contribution in [2.45, 2.75) is 32.2 Å². The van der Waals surface area contributed by atoms with Crippen LogP contribution in [0.1, 0.15) is 47.7 Å². The van der Waals surface area contributed by atoms with Crippen LogP contribution in [0.15, 0.2) is 45.4 Å². The summed E-state index contributed by atoms with van der Waals surface area (Å²) in [5, 5.41) is 8.03. The standard InChI is InChI=1S/C20H21N3O4/c1-3-14-11-19(27-21-14)17-5-4-10-23(17)20(24)16-12-18(26-22-16)13-6-8-15(25-2)9-7-13/h6-9,11-12,17H,3-5,10H2,1-2H3/t17-/m1/s1. The Labute approximate surface area is 156 Å². The van der Waals surface area contributed by atoms with Crippen molar-refractivity contribution in [1.29, 1.82) is 0 Å². The third kappa shape index (κ3) is 3.32. The van der Waals surface area contributed by atoms with Gasteiger partial charge in [-0.15, -0.1) is 0 Å². The van der Waals surface area contributed by atoms with Gasteiger partial charge in [0.15, 0.2) is 17.2 Å². The van der Waals surface area contributed by atoms with Crippen LogP contribution in [0, 0.1) is 0 Å². The molecule has 140 valence electrons. The molecule has 1 aromatic carbocycles. The minimum Gasteiger partial charge on any atom is -0.497 e. The molecule has 1 atom stereocenters. The van der Waals surface area contributed by atoms with Gasteiger partial charge in [0.1, 0.15) is 5.75 Å². The van der Waals surface area contributed by atoms with Gasteiger partial charge in [0.2, 0.25) is 0 Å². The molecule has 1 amide bonds. The van der Waals surface area contributed by atoms with Crippen molar-refractivity contribution in [2.75, 3.05) is 13.7 Å². The highest BCUT2D eigenvalue weighted by molar-refractivity contribution is 5.93. The monoisotopic (exact) mass is 367 g/mol. The van der Waals surface area contributed by atoms with E-state index in [1.54, 1.807) is 18.1 Å². The van der Waals surface area contributed by atoms with Gasteiger partial charge in [-0.1, -0.05) is 17.2 Å². The molecule has 3 heterocycles. The summed E-state index contributed by atoms with van der Waals surface area (Å²) in [6.07, 6.45) is 2.58. The Kier molecular flexibility index (Phi) is 4.66. The maximum atomic E-state index is 13.0. The third-order valence-electron chi connectivity index (χ3n) is 4.89. The summed E-state index contributed by atoms with van der Waals surface area (Å²) in [7, 11) is 1.62. The van der Waals surface area contributed by atoms with Crippen LogP contribution < -0.4 is 4.74 Å². The first-order valence-corrected chi connectivity index (χ1v) is 9.07. The fourth-order valence-corrected chi connectivity index (χ4v) is 3.37. The molecule has 0 unspecified atom stereocenters. The number of rotatable bonds is 5. The predicted octanol–water partition coefficient (Wildman–Crippen LogP) is 3.88. The van der Waals surface area contributed by atoms with Crippen molar-refractivity contribution >= 4 is 5.91 Å². The molecular formula is C20H21N3O4. The van der Waals surface area contributed by atoms with Gasteiger partial charge in [0.25, 0.3) is 5.91 Å². The van der Waals surface area contributed by atoms with Crippen molar-refractivity contribution in [3.63, 3.8) is 0 Å². The molecule has 1 aliphatic rings. The Bertz CT molecular complexity index is 929. The quantitative estimate of drug-likeness (QED) is 0.681. The molecule has 7 heteroatoms. The van der Waals surface area contributed by atoms with E-state index in [1.807, 2.05) is 37.3 Å². The van der Waals surface area contributed by atoms with Gasteiger partial charge in [-0.25, -0.2) is 0 Å². The lowest BCUT2D eigenvalue weighted by molar-refractivity contribution is 0.0704. The summed E-state index contributed by atoms with van der Waals surface area (Å²) in [6, 6.07) is 10.9. The Morgan fingerprint density at radius 3 is 2.74 bits per heavy atom. The van der Waals surface area contributed by atoms with Crippen LogP contribution in [0.3, 0.4) is 0 Å². The van der Waals surface area contributed by atoms with Gasteiger partial charge in [0.05, 0.1) is 18.8 Å². The van der Waals surface area contributed by atoms with Gasteiger partial charge < -0.3 is 18.7 Å². The van der Waals surface area contributed by atoms with E-state index >= 15 is 0 Å². The summed E-state index contributed by atoms with van der Waals surface area (Å²) in [6.45, 7) is 2.69. The molecule has 1 fully saturated rings. The maximum Gasteiger partial charge on any atom is 0.276 e. The molecule has 7 nitrogen and oxygen atoms in total. The van der Waals surface area contributed by atoms with Gasteiger partial charge in [-0.05, 0) is 43.5 Å². The average molecular weight is 367 g/mol. The minimum atomic E-state index is -0.157. The highest BCUT2D eigenvalue weighted by atomic mass is 16.5. The molecule has 0 aliphatic carbocycles. The van der Waals surface area contributed by atoms with Crippen LogP contribution in [-0.2, 0) is 6.42 Å². The third-order valence-corrected chi connectivity index (χ3v) is 4.89. The van der Waals surface area contributed by atoms with E-state index < -0.39 is 0 Å². The Hall–Kier alpha value is -3.09. The normalized spacial score (nSPS) is 16.7. The molecular weight excluding hydrogens is 346 g/mol. The zero-order valence-corrected chi connectivity index (χ0v) is 15.3. The highest BCUT2D eigenvalue weighted by Crippen LogP contribution is 2.34. The lowest BCUT2D eigenvalue weighted by Crippen LogP contribution is -2.30. The van der Waals surface area contributed by atoms with Crippen molar-refractivity contribution in [1.82, 2.24) is 15.2 Å². The number of carbonyl (C=O) groups excluding carboxylic acids is 1. The summed E-state index contributed by atoms with van der Waals surface area (Å²) < 4.78 is 16.0.